The topological polar surface area (TPSA) is 50.9 Å². The van der Waals surface area contributed by atoms with Gasteiger partial charge in [0.05, 0.1) is 17.2 Å². The van der Waals surface area contributed by atoms with Crippen LogP contribution < -0.4 is 11.3 Å². The Bertz CT molecular complexity index is 275. The van der Waals surface area contributed by atoms with Crippen LogP contribution in [0.25, 0.3) is 0 Å². The number of hydrazine groups is 1. The Kier molecular flexibility index (Phi) is 9.08. The standard InChI is InChI=1S/C14H27N3S/c1-2-3-4-5-6-7-8-9-10-13(17-15)14-11-18-12-16-14/h11-13,17H,2-10,15H2,1H3. The summed E-state index contributed by atoms with van der Waals surface area (Å²) in [6.45, 7) is 2.26. The van der Waals surface area contributed by atoms with Gasteiger partial charge >= 0.3 is 0 Å². The van der Waals surface area contributed by atoms with Gasteiger partial charge in [0, 0.05) is 5.38 Å². The van der Waals surface area contributed by atoms with Crippen molar-refractivity contribution in [2.75, 3.05) is 0 Å². The van der Waals surface area contributed by atoms with Gasteiger partial charge in [-0.15, -0.1) is 11.3 Å². The van der Waals surface area contributed by atoms with Gasteiger partial charge in [0.1, 0.15) is 0 Å². The zero-order chi connectivity index (χ0) is 13.1. The molecule has 0 saturated heterocycles. The fraction of sp³-hybridized carbons (Fsp3) is 0.786. The van der Waals surface area contributed by atoms with Crippen LogP contribution in [0.2, 0.25) is 0 Å². The van der Waals surface area contributed by atoms with E-state index in [0.717, 1.165) is 12.1 Å². The van der Waals surface area contributed by atoms with E-state index < -0.39 is 0 Å². The molecular weight excluding hydrogens is 242 g/mol. The summed E-state index contributed by atoms with van der Waals surface area (Å²) in [4.78, 5) is 4.31. The van der Waals surface area contributed by atoms with Crippen molar-refractivity contribution in [3.05, 3.63) is 16.6 Å². The monoisotopic (exact) mass is 269 g/mol. The fourth-order valence-corrected chi connectivity index (χ4v) is 2.80. The van der Waals surface area contributed by atoms with Crippen molar-refractivity contribution in [1.29, 1.82) is 0 Å². The third-order valence-corrected chi connectivity index (χ3v) is 3.96. The summed E-state index contributed by atoms with van der Waals surface area (Å²) >= 11 is 1.63. The Labute approximate surface area is 115 Å². The van der Waals surface area contributed by atoms with Gasteiger partial charge in [-0.25, -0.2) is 4.98 Å². The van der Waals surface area contributed by atoms with Crippen LogP contribution in [-0.2, 0) is 0 Å². The van der Waals surface area contributed by atoms with Gasteiger partial charge in [-0.3, -0.25) is 11.3 Å². The third-order valence-electron chi connectivity index (χ3n) is 3.36. The van der Waals surface area contributed by atoms with Crippen molar-refractivity contribution in [3.8, 4) is 0 Å². The van der Waals surface area contributed by atoms with E-state index in [2.05, 4.69) is 22.7 Å². The molecule has 0 aromatic carbocycles. The van der Waals surface area contributed by atoms with E-state index in [-0.39, 0.29) is 6.04 Å². The molecule has 0 radical (unpaired) electrons. The first-order valence-corrected chi connectivity index (χ1v) is 8.17. The van der Waals surface area contributed by atoms with Crippen molar-refractivity contribution in [2.45, 2.75) is 70.8 Å². The molecule has 1 atom stereocenters. The highest BCUT2D eigenvalue weighted by Crippen LogP contribution is 2.19. The summed E-state index contributed by atoms with van der Waals surface area (Å²) in [5.41, 5.74) is 5.82. The van der Waals surface area contributed by atoms with E-state index in [1.807, 2.05) is 5.51 Å². The predicted octanol–water partition coefficient (Wildman–Crippen LogP) is 4.18. The molecular formula is C14H27N3S. The van der Waals surface area contributed by atoms with Crippen LogP contribution in [0.1, 0.15) is 76.4 Å². The lowest BCUT2D eigenvalue weighted by atomic mass is 10.0. The molecule has 1 heterocycles. The number of nitrogens with two attached hydrogens (primary N) is 1. The van der Waals surface area contributed by atoms with Crippen molar-refractivity contribution in [1.82, 2.24) is 10.4 Å². The lowest BCUT2D eigenvalue weighted by molar-refractivity contribution is 0.468. The summed E-state index contributed by atoms with van der Waals surface area (Å²) < 4.78 is 0. The first kappa shape index (κ1) is 15.6. The maximum atomic E-state index is 5.57. The highest BCUT2D eigenvalue weighted by atomic mass is 32.1. The van der Waals surface area contributed by atoms with Gasteiger partial charge in [0.25, 0.3) is 0 Å². The summed E-state index contributed by atoms with van der Waals surface area (Å²) in [7, 11) is 0. The molecule has 0 aliphatic carbocycles. The average Bonchev–Trinajstić information content (AvgIpc) is 2.91. The van der Waals surface area contributed by atoms with Gasteiger partial charge in [-0.2, -0.15) is 0 Å². The summed E-state index contributed by atoms with van der Waals surface area (Å²) in [5, 5.41) is 2.08. The molecule has 18 heavy (non-hydrogen) atoms. The molecule has 4 heteroatoms. The summed E-state index contributed by atoms with van der Waals surface area (Å²) in [5.74, 6) is 5.57. The number of nitrogens with one attached hydrogen (secondary N) is 1. The molecule has 1 unspecified atom stereocenters. The van der Waals surface area contributed by atoms with Crippen LogP contribution in [0.5, 0.6) is 0 Å². The van der Waals surface area contributed by atoms with Crippen molar-refractivity contribution >= 4 is 11.3 Å². The van der Waals surface area contributed by atoms with Crippen LogP contribution in [-0.4, -0.2) is 4.98 Å². The molecule has 0 amide bonds. The fourth-order valence-electron chi connectivity index (χ4n) is 2.19. The Balaban J connectivity index is 1.99. The highest BCUT2D eigenvalue weighted by molar-refractivity contribution is 7.07. The second-order valence-corrected chi connectivity index (χ2v) is 5.61. The Morgan fingerprint density at radius 2 is 1.83 bits per heavy atom. The molecule has 1 aromatic heterocycles. The SMILES string of the molecule is CCCCCCCCCCC(NN)c1cscn1. The molecule has 0 bridgehead atoms. The normalized spacial score (nSPS) is 12.8. The van der Waals surface area contributed by atoms with Crippen LogP contribution in [0, 0.1) is 0 Å². The van der Waals surface area contributed by atoms with Gasteiger partial charge in [0.15, 0.2) is 0 Å². The lowest BCUT2D eigenvalue weighted by Crippen LogP contribution is -2.28. The first-order valence-electron chi connectivity index (χ1n) is 7.22. The molecule has 1 rings (SSSR count). The minimum absolute atomic E-state index is 0.233. The quantitative estimate of drug-likeness (QED) is 0.360. The Morgan fingerprint density at radius 3 is 2.39 bits per heavy atom. The minimum Gasteiger partial charge on any atom is -0.271 e. The molecule has 0 fully saturated rings. The summed E-state index contributed by atoms with van der Waals surface area (Å²) in [6.07, 6.45) is 11.9. The average molecular weight is 269 g/mol. The van der Waals surface area contributed by atoms with Gasteiger partial charge in [-0.05, 0) is 6.42 Å². The lowest BCUT2D eigenvalue weighted by Gasteiger charge is -2.13. The van der Waals surface area contributed by atoms with Gasteiger partial charge in [-0.1, -0.05) is 58.3 Å². The number of aromatic nitrogens is 1. The van der Waals surface area contributed by atoms with E-state index in [0.29, 0.717) is 0 Å². The van der Waals surface area contributed by atoms with E-state index >= 15 is 0 Å². The first-order chi connectivity index (χ1) is 8.88. The number of rotatable bonds is 11. The maximum Gasteiger partial charge on any atom is 0.0795 e. The van der Waals surface area contributed by atoms with E-state index in [9.17, 15) is 0 Å². The van der Waals surface area contributed by atoms with Crippen LogP contribution >= 0.6 is 11.3 Å². The van der Waals surface area contributed by atoms with Crippen molar-refractivity contribution in [3.63, 3.8) is 0 Å². The van der Waals surface area contributed by atoms with E-state index in [1.165, 1.54) is 51.4 Å². The largest absolute Gasteiger partial charge is 0.271 e. The van der Waals surface area contributed by atoms with Crippen LogP contribution in [0.3, 0.4) is 0 Å². The molecule has 3 nitrogen and oxygen atoms in total. The maximum absolute atomic E-state index is 5.57. The molecule has 0 aliphatic rings. The molecule has 104 valence electrons. The van der Waals surface area contributed by atoms with Crippen LogP contribution in [0.4, 0.5) is 0 Å². The zero-order valence-corrected chi connectivity index (χ0v) is 12.3. The molecule has 0 saturated carbocycles. The smallest absolute Gasteiger partial charge is 0.0795 e. The molecule has 0 aliphatic heterocycles. The Hall–Kier alpha value is -0.450. The minimum atomic E-state index is 0.233. The second kappa shape index (κ2) is 10.5. The highest BCUT2D eigenvalue weighted by Gasteiger charge is 2.10. The Morgan fingerprint density at radius 1 is 1.17 bits per heavy atom. The van der Waals surface area contributed by atoms with Crippen molar-refractivity contribution < 1.29 is 0 Å². The zero-order valence-electron chi connectivity index (χ0n) is 11.5. The van der Waals surface area contributed by atoms with E-state index in [4.69, 9.17) is 5.84 Å². The van der Waals surface area contributed by atoms with Crippen molar-refractivity contribution in [2.24, 2.45) is 5.84 Å². The van der Waals surface area contributed by atoms with Gasteiger partial charge in [0.2, 0.25) is 0 Å². The number of hydrogen-bond donors (Lipinski definition) is 2. The molecule has 3 N–H and O–H groups in total. The number of hydrogen-bond acceptors (Lipinski definition) is 4. The predicted molar refractivity (Wildman–Crippen MR) is 79.4 cm³/mol. The van der Waals surface area contributed by atoms with E-state index in [1.54, 1.807) is 11.3 Å². The molecule has 1 aromatic rings. The second-order valence-electron chi connectivity index (χ2n) is 4.90. The number of unbranched alkanes of at least 4 members (excludes halogenated alkanes) is 7. The van der Waals surface area contributed by atoms with Crippen LogP contribution in [0.15, 0.2) is 10.9 Å². The van der Waals surface area contributed by atoms with Gasteiger partial charge < -0.3 is 0 Å². The third kappa shape index (κ3) is 6.47. The number of nitrogens with zero attached hydrogens (tertiary/aromatic N) is 1. The summed E-state index contributed by atoms with van der Waals surface area (Å²) in [6, 6.07) is 0.233. The number of thiazole rings is 1. The molecule has 0 spiro atoms.